The average Bonchev–Trinajstić information content (AvgIpc) is 3.31. The molecule has 3 aromatic carbocycles. The standard InChI is InChI=1S/C24H21FN4O3/c1-32-20-9-4-17(5-10-20)22-15-29(28-27-22)19-8-11-23(30)21(14-19)24(31)26-13-12-16-2-6-18(25)7-3-16/h2-11,14-15,30H,12-13H2,1H3,(H,26,31). The number of ether oxygens (including phenoxy) is 1. The molecule has 0 aliphatic heterocycles. The van der Waals surface area contributed by atoms with Crippen LogP contribution in [0.5, 0.6) is 11.5 Å². The van der Waals surface area contributed by atoms with E-state index in [2.05, 4.69) is 15.6 Å². The van der Waals surface area contributed by atoms with Gasteiger partial charge in [-0.25, -0.2) is 9.07 Å². The highest BCUT2D eigenvalue weighted by Gasteiger charge is 2.14. The second-order valence-corrected chi connectivity index (χ2v) is 7.11. The van der Waals surface area contributed by atoms with Crippen molar-refractivity contribution in [3.05, 3.63) is 89.9 Å². The largest absolute Gasteiger partial charge is 0.507 e. The maximum atomic E-state index is 13.0. The number of hydrogen-bond donors (Lipinski definition) is 2. The summed E-state index contributed by atoms with van der Waals surface area (Å²) in [7, 11) is 1.60. The van der Waals surface area contributed by atoms with E-state index in [-0.39, 0.29) is 17.1 Å². The lowest BCUT2D eigenvalue weighted by Crippen LogP contribution is -2.26. The molecule has 8 heteroatoms. The Bertz CT molecular complexity index is 1220. The van der Waals surface area contributed by atoms with Gasteiger partial charge in [0, 0.05) is 12.1 Å². The third kappa shape index (κ3) is 4.75. The Balaban J connectivity index is 1.46. The molecule has 2 N–H and O–H groups in total. The summed E-state index contributed by atoms with van der Waals surface area (Å²) in [6.07, 6.45) is 2.28. The molecule has 0 unspecified atom stereocenters. The fourth-order valence-electron chi connectivity index (χ4n) is 3.20. The van der Waals surface area contributed by atoms with Gasteiger partial charge in [-0.05, 0) is 66.6 Å². The van der Waals surface area contributed by atoms with E-state index in [1.54, 1.807) is 37.6 Å². The number of halogens is 1. The molecule has 4 aromatic rings. The molecule has 0 bridgehead atoms. The maximum absolute atomic E-state index is 13.0. The van der Waals surface area contributed by atoms with Crippen LogP contribution in [-0.4, -0.2) is 39.7 Å². The third-order valence-electron chi connectivity index (χ3n) is 4.98. The average molecular weight is 432 g/mol. The lowest BCUT2D eigenvalue weighted by atomic mass is 10.1. The zero-order valence-electron chi connectivity index (χ0n) is 17.3. The van der Waals surface area contributed by atoms with Crippen LogP contribution in [0.3, 0.4) is 0 Å². The van der Waals surface area contributed by atoms with Gasteiger partial charge in [0.15, 0.2) is 0 Å². The summed E-state index contributed by atoms with van der Waals surface area (Å²) in [6.45, 7) is 0.346. The number of aromatic nitrogens is 3. The van der Waals surface area contributed by atoms with Crippen LogP contribution in [0, 0.1) is 5.82 Å². The minimum Gasteiger partial charge on any atom is -0.507 e. The highest BCUT2D eigenvalue weighted by molar-refractivity contribution is 5.97. The normalized spacial score (nSPS) is 10.7. The van der Waals surface area contributed by atoms with Crippen LogP contribution in [0.15, 0.2) is 72.9 Å². The van der Waals surface area contributed by atoms with Gasteiger partial charge in [-0.2, -0.15) is 0 Å². The van der Waals surface area contributed by atoms with Crippen LogP contribution in [0.25, 0.3) is 16.9 Å². The zero-order chi connectivity index (χ0) is 22.5. The molecule has 0 aliphatic rings. The summed E-state index contributed by atoms with van der Waals surface area (Å²) in [5, 5.41) is 21.3. The number of carbonyl (C=O) groups excluding carboxylic acids is 1. The van der Waals surface area contributed by atoms with Gasteiger partial charge < -0.3 is 15.2 Å². The van der Waals surface area contributed by atoms with Crippen molar-refractivity contribution in [3.8, 4) is 28.4 Å². The van der Waals surface area contributed by atoms with Gasteiger partial charge in [0.2, 0.25) is 0 Å². The summed E-state index contributed by atoms with van der Waals surface area (Å²) >= 11 is 0. The third-order valence-corrected chi connectivity index (χ3v) is 4.98. The summed E-state index contributed by atoms with van der Waals surface area (Å²) in [5.41, 5.74) is 3.14. The summed E-state index contributed by atoms with van der Waals surface area (Å²) in [5.74, 6) is -0.108. The molecular weight excluding hydrogens is 411 g/mol. The van der Waals surface area contributed by atoms with E-state index >= 15 is 0 Å². The Morgan fingerprint density at radius 2 is 1.84 bits per heavy atom. The second kappa shape index (κ2) is 9.30. The van der Waals surface area contributed by atoms with Gasteiger partial charge in [0.25, 0.3) is 5.91 Å². The number of benzene rings is 3. The van der Waals surface area contributed by atoms with E-state index in [0.29, 0.717) is 24.3 Å². The minimum atomic E-state index is -0.415. The van der Waals surface area contributed by atoms with Crippen LogP contribution in [-0.2, 0) is 6.42 Å². The van der Waals surface area contributed by atoms with Crippen molar-refractivity contribution < 1.29 is 19.0 Å². The van der Waals surface area contributed by atoms with E-state index in [0.717, 1.165) is 16.9 Å². The quantitative estimate of drug-likeness (QED) is 0.464. The molecule has 0 spiro atoms. The lowest BCUT2D eigenvalue weighted by molar-refractivity contribution is 0.0951. The van der Waals surface area contributed by atoms with E-state index in [9.17, 15) is 14.3 Å². The summed E-state index contributed by atoms with van der Waals surface area (Å²) in [4.78, 5) is 12.6. The Labute approximate surface area is 184 Å². The molecule has 1 aromatic heterocycles. The predicted octanol–water partition coefficient (Wildman–Crippen LogP) is 3.76. The first-order valence-corrected chi connectivity index (χ1v) is 9.96. The van der Waals surface area contributed by atoms with Crippen molar-refractivity contribution in [1.82, 2.24) is 20.3 Å². The summed E-state index contributed by atoms with van der Waals surface area (Å²) in [6, 6.07) is 18.2. The molecule has 0 atom stereocenters. The molecule has 162 valence electrons. The predicted molar refractivity (Wildman–Crippen MR) is 117 cm³/mol. The Morgan fingerprint density at radius 3 is 2.56 bits per heavy atom. The van der Waals surface area contributed by atoms with Crippen molar-refractivity contribution >= 4 is 5.91 Å². The molecule has 0 radical (unpaired) electrons. The van der Waals surface area contributed by atoms with E-state index in [1.165, 1.54) is 22.9 Å². The van der Waals surface area contributed by atoms with Gasteiger partial charge in [-0.3, -0.25) is 4.79 Å². The monoisotopic (exact) mass is 432 g/mol. The van der Waals surface area contributed by atoms with Crippen LogP contribution in [0.2, 0.25) is 0 Å². The first-order chi connectivity index (χ1) is 15.5. The number of phenols is 1. The first-order valence-electron chi connectivity index (χ1n) is 9.96. The number of phenolic OH excluding ortho intramolecular Hbond substituents is 1. The van der Waals surface area contributed by atoms with Gasteiger partial charge in [-0.1, -0.05) is 17.3 Å². The minimum absolute atomic E-state index is 0.128. The molecule has 0 saturated heterocycles. The van der Waals surface area contributed by atoms with Gasteiger partial charge in [0.1, 0.15) is 23.0 Å². The van der Waals surface area contributed by atoms with Crippen LogP contribution >= 0.6 is 0 Å². The van der Waals surface area contributed by atoms with Crippen LogP contribution in [0.1, 0.15) is 15.9 Å². The molecule has 7 nitrogen and oxygen atoms in total. The highest BCUT2D eigenvalue weighted by Crippen LogP contribution is 2.23. The topological polar surface area (TPSA) is 89.3 Å². The van der Waals surface area contributed by atoms with Crippen LogP contribution in [0.4, 0.5) is 4.39 Å². The van der Waals surface area contributed by atoms with Crippen LogP contribution < -0.4 is 10.1 Å². The number of hydrogen-bond acceptors (Lipinski definition) is 5. The fourth-order valence-corrected chi connectivity index (χ4v) is 3.20. The fraction of sp³-hybridized carbons (Fsp3) is 0.125. The molecule has 0 aliphatic carbocycles. The molecule has 1 heterocycles. The van der Waals surface area contributed by atoms with Crippen molar-refractivity contribution in [3.63, 3.8) is 0 Å². The number of rotatable bonds is 7. The second-order valence-electron chi connectivity index (χ2n) is 7.11. The lowest BCUT2D eigenvalue weighted by Gasteiger charge is -2.09. The number of amides is 1. The molecule has 32 heavy (non-hydrogen) atoms. The van der Waals surface area contributed by atoms with Gasteiger partial charge >= 0.3 is 0 Å². The van der Waals surface area contributed by atoms with Crippen molar-refractivity contribution in [1.29, 1.82) is 0 Å². The zero-order valence-corrected chi connectivity index (χ0v) is 17.3. The van der Waals surface area contributed by atoms with E-state index in [4.69, 9.17) is 4.74 Å². The van der Waals surface area contributed by atoms with Gasteiger partial charge in [-0.15, -0.1) is 5.10 Å². The number of aromatic hydroxyl groups is 1. The number of nitrogens with zero attached hydrogens (tertiary/aromatic N) is 3. The molecule has 4 rings (SSSR count). The van der Waals surface area contributed by atoms with E-state index < -0.39 is 5.91 Å². The smallest absolute Gasteiger partial charge is 0.255 e. The molecular formula is C24H21FN4O3. The Morgan fingerprint density at radius 1 is 1.09 bits per heavy atom. The van der Waals surface area contributed by atoms with E-state index in [1.807, 2.05) is 24.3 Å². The van der Waals surface area contributed by atoms with Crippen molar-refractivity contribution in [2.75, 3.05) is 13.7 Å². The first kappa shape index (κ1) is 21.0. The number of carbonyl (C=O) groups is 1. The SMILES string of the molecule is COc1ccc(-c2cn(-c3ccc(O)c(C(=O)NCCc4ccc(F)cc4)c3)nn2)cc1. The summed E-state index contributed by atoms with van der Waals surface area (Å²) < 4.78 is 19.7. The van der Waals surface area contributed by atoms with Gasteiger partial charge in [0.05, 0.1) is 24.6 Å². The molecule has 0 saturated carbocycles. The van der Waals surface area contributed by atoms with Crippen molar-refractivity contribution in [2.24, 2.45) is 0 Å². The number of nitrogens with one attached hydrogen (secondary N) is 1. The molecule has 1 amide bonds. The Hall–Kier alpha value is -4.20. The Kier molecular flexibility index (Phi) is 6.12. The number of methoxy groups -OCH3 is 1. The molecule has 0 fully saturated rings. The maximum Gasteiger partial charge on any atom is 0.255 e. The highest BCUT2D eigenvalue weighted by atomic mass is 19.1. The van der Waals surface area contributed by atoms with Crippen molar-refractivity contribution in [2.45, 2.75) is 6.42 Å².